The second-order valence-electron chi connectivity index (χ2n) is 5.66. The van der Waals surface area contributed by atoms with Crippen LogP contribution < -0.4 is 10.6 Å². The Morgan fingerprint density at radius 1 is 1.11 bits per heavy atom. The molecule has 27 heavy (non-hydrogen) atoms. The minimum absolute atomic E-state index is 0.276. The van der Waals surface area contributed by atoms with Crippen molar-refractivity contribution in [1.29, 1.82) is 0 Å². The molecule has 1 aromatic heterocycles. The van der Waals surface area contributed by atoms with Gasteiger partial charge in [-0.25, -0.2) is 14.2 Å². The summed E-state index contributed by atoms with van der Waals surface area (Å²) < 4.78 is 18.1. The van der Waals surface area contributed by atoms with Crippen LogP contribution in [0.25, 0.3) is 0 Å². The van der Waals surface area contributed by atoms with Gasteiger partial charge >= 0.3 is 5.97 Å². The number of nitrogens with one attached hydrogen (secondary N) is 2. The third-order valence-corrected chi connectivity index (χ3v) is 3.91. The maximum atomic E-state index is 13.4. The maximum Gasteiger partial charge on any atom is 0.337 e. The summed E-state index contributed by atoms with van der Waals surface area (Å²) in [4.78, 5) is 20.4. The number of methoxy groups -OCH3 is 1. The lowest BCUT2D eigenvalue weighted by atomic mass is 10.2. The molecule has 0 saturated carbocycles. The number of halogens is 2. The number of carbonyl (C=O) groups is 1. The highest BCUT2D eigenvalue weighted by atomic mass is 35.5. The first kappa shape index (κ1) is 18.6. The molecule has 0 amide bonds. The number of nitrogens with zero attached hydrogens (tertiary/aromatic N) is 2. The van der Waals surface area contributed by atoms with Gasteiger partial charge in [-0.15, -0.1) is 0 Å². The summed E-state index contributed by atoms with van der Waals surface area (Å²) in [5.41, 5.74) is 2.05. The lowest BCUT2D eigenvalue weighted by molar-refractivity contribution is 0.0601. The Hall–Kier alpha value is -3.19. The van der Waals surface area contributed by atoms with Crippen LogP contribution in [0.4, 0.5) is 27.5 Å². The predicted molar refractivity (Wildman–Crippen MR) is 103 cm³/mol. The van der Waals surface area contributed by atoms with Crippen molar-refractivity contribution in [2.45, 2.75) is 6.92 Å². The molecular weight excluding hydrogens is 371 g/mol. The highest BCUT2D eigenvalue weighted by Gasteiger charge is 2.11. The molecule has 0 spiro atoms. The number of hydrogen-bond acceptors (Lipinski definition) is 6. The van der Waals surface area contributed by atoms with E-state index in [-0.39, 0.29) is 11.8 Å². The molecular formula is C19H16ClFN4O2. The monoisotopic (exact) mass is 386 g/mol. The first-order chi connectivity index (χ1) is 12.9. The lowest BCUT2D eigenvalue weighted by Gasteiger charge is -2.12. The summed E-state index contributed by atoms with van der Waals surface area (Å²) in [6.07, 6.45) is 0. The fourth-order valence-corrected chi connectivity index (χ4v) is 2.55. The summed E-state index contributed by atoms with van der Waals surface area (Å²) in [5, 5.41) is 6.42. The minimum atomic E-state index is -0.478. The van der Waals surface area contributed by atoms with Gasteiger partial charge in [-0.1, -0.05) is 17.7 Å². The van der Waals surface area contributed by atoms with E-state index in [2.05, 4.69) is 20.6 Å². The Labute approximate surface area is 160 Å². The molecule has 0 saturated heterocycles. The summed E-state index contributed by atoms with van der Waals surface area (Å²) in [6.45, 7) is 1.80. The van der Waals surface area contributed by atoms with E-state index in [4.69, 9.17) is 16.3 Å². The number of rotatable bonds is 5. The molecule has 2 N–H and O–H groups in total. The number of ether oxygens (including phenoxy) is 1. The van der Waals surface area contributed by atoms with Gasteiger partial charge in [-0.05, 0) is 43.3 Å². The number of anilines is 4. The van der Waals surface area contributed by atoms with Gasteiger partial charge in [-0.3, -0.25) is 0 Å². The van der Waals surface area contributed by atoms with Gasteiger partial charge in [0, 0.05) is 17.4 Å². The molecule has 0 bridgehead atoms. The topological polar surface area (TPSA) is 76.1 Å². The summed E-state index contributed by atoms with van der Waals surface area (Å²) in [7, 11) is 1.30. The van der Waals surface area contributed by atoms with E-state index in [1.807, 2.05) is 0 Å². The highest BCUT2D eigenvalue weighted by molar-refractivity contribution is 6.33. The number of hydrogen-bond donors (Lipinski definition) is 2. The van der Waals surface area contributed by atoms with Crippen molar-refractivity contribution < 1.29 is 13.9 Å². The van der Waals surface area contributed by atoms with Crippen molar-refractivity contribution in [2.75, 3.05) is 17.7 Å². The van der Waals surface area contributed by atoms with Crippen molar-refractivity contribution in [3.63, 3.8) is 0 Å². The average molecular weight is 387 g/mol. The molecule has 2 aromatic carbocycles. The molecule has 0 radical (unpaired) electrons. The van der Waals surface area contributed by atoms with Gasteiger partial charge in [0.25, 0.3) is 0 Å². The molecule has 3 rings (SSSR count). The van der Waals surface area contributed by atoms with Crippen LogP contribution in [0.1, 0.15) is 16.1 Å². The molecule has 0 fully saturated rings. The Morgan fingerprint density at radius 2 is 1.93 bits per heavy atom. The van der Waals surface area contributed by atoms with E-state index < -0.39 is 5.97 Å². The smallest absolute Gasteiger partial charge is 0.337 e. The third-order valence-electron chi connectivity index (χ3n) is 3.59. The molecule has 0 aliphatic carbocycles. The number of aryl methyl sites for hydroxylation is 1. The van der Waals surface area contributed by atoms with Gasteiger partial charge in [0.15, 0.2) is 0 Å². The van der Waals surface area contributed by atoms with Gasteiger partial charge < -0.3 is 15.4 Å². The third kappa shape index (κ3) is 4.71. The quantitative estimate of drug-likeness (QED) is 0.610. The van der Waals surface area contributed by atoms with Crippen LogP contribution in [0.5, 0.6) is 0 Å². The number of carbonyl (C=O) groups excluding carboxylic acids is 1. The molecule has 138 valence electrons. The predicted octanol–water partition coefficient (Wildman–Crippen LogP) is 4.85. The van der Waals surface area contributed by atoms with E-state index in [9.17, 15) is 9.18 Å². The molecule has 0 aliphatic rings. The molecule has 0 atom stereocenters. The molecule has 6 nitrogen and oxygen atoms in total. The number of benzene rings is 2. The number of esters is 1. The van der Waals surface area contributed by atoms with E-state index in [0.717, 1.165) is 0 Å². The zero-order chi connectivity index (χ0) is 19.4. The average Bonchev–Trinajstić information content (AvgIpc) is 2.62. The Kier molecular flexibility index (Phi) is 5.52. The first-order valence-electron chi connectivity index (χ1n) is 7.98. The van der Waals surface area contributed by atoms with Crippen molar-refractivity contribution in [1.82, 2.24) is 9.97 Å². The zero-order valence-corrected chi connectivity index (χ0v) is 15.3. The first-order valence-corrected chi connectivity index (χ1v) is 8.35. The summed E-state index contributed by atoms with van der Waals surface area (Å²) in [6, 6.07) is 12.5. The van der Waals surface area contributed by atoms with E-state index in [0.29, 0.717) is 33.5 Å². The van der Waals surface area contributed by atoms with Crippen LogP contribution >= 0.6 is 11.6 Å². The van der Waals surface area contributed by atoms with Gasteiger partial charge in [0.1, 0.15) is 11.6 Å². The second kappa shape index (κ2) is 8.01. The second-order valence-corrected chi connectivity index (χ2v) is 6.07. The largest absolute Gasteiger partial charge is 0.465 e. The van der Waals surface area contributed by atoms with Crippen LogP contribution in [0.15, 0.2) is 48.5 Å². The standard InChI is InChI=1S/C19H16ClFN4O2/c1-11-8-17(23-14-5-3-4-13(21)10-14)25-19(22-11)24-16-9-12(18(26)27-2)6-7-15(16)20/h3-10H,1-2H3,(H2,22,23,24,25). The van der Waals surface area contributed by atoms with Gasteiger partial charge in [0.05, 0.1) is 23.4 Å². The molecule has 3 aromatic rings. The van der Waals surface area contributed by atoms with Crippen molar-refractivity contribution in [3.05, 3.63) is 70.6 Å². The zero-order valence-electron chi connectivity index (χ0n) is 14.6. The van der Waals surface area contributed by atoms with Crippen LogP contribution in [-0.4, -0.2) is 23.0 Å². The van der Waals surface area contributed by atoms with Crippen LogP contribution in [0.2, 0.25) is 5.02 Å². The van der Waals surface area contributed by atoms with E-state index in [1.54, 1.807) is 43.3 Å². The van der Waals surface area contributed by atoms with Crippen molar-refractivity contribution in [2.24, 2.45) is 0 Å². The molecule has 0 aliphatic heterocycles. The van der Waals surface area contributed by atoms with Crippen molar-refractivity contribution in [3.8, 4) is 0 Å². The molecule has 8 heteroatoms. The van der Waals surface area contributed by atoms with Crippen LogP contribution in [-0.2, 0) is 4.74 Å². The Morgan fingerprint density at radius 3 is 2.67 bits per heavy atom. The highest BCUT2D eigenvalue weighted by Crippen LogP contribution is 2.27. The number of aromatic nitrogens is 2. The minimum Gasteiger partial charge on any atom is -0.465 e. The fraction of sp³-hybridized carbons (Fsp3) is 0.105. The normalized spacial score (nSPS) is 10.4. The van der Waals surface area contributed by atoms with E-state index in [1.165, 1.54) is 19.2 Å². The SMILES string of the molecule is COC(=O)c1ccc(Cl)c(Nc2nc(C)cc(Nc3cccc(F)c3)n2)c1. The van der Waals surface area contributed by atoms with Gasteiger partial charge in [-0.2, -0.15) is 4.98 Å². The molecule has 0 unspecified atom stereocenters. The maximum absolute atomic E-state index is 13.4. The van der Waals surface area contributed by atoms with Gasteiger partial charge in [0.2, 0.25) is 5.95 Å². The summed E-state index contributed by atoms with van der Waals surface area (Å²) >= 11 is 6.19. The van der Waals surface area contributed by atoms with Crippen LogP contribution in [0.3, 0.4) is 0 Å². The Bertz CT molecular complexity index is 997. The van der Waals surface area contributed by atoms with Crippen molar-refractivity contribution >= 4 is 40.7 Å². The van der Waals surface area contributed by atoms with Crippen LogP contribution in [0, 0.1) is 12.7 Å². The fourth-order valence-electron chi connectivity index (χ4n) is 2.39. The molecule has 1 heterocycles. The lowest BCUT2D eigenvalue weighted by Crippen LogP contribution is -2.05. The van der Waals surface area contributed by atoms with E-state index >= 15 is 0 Å². The Balaban J connectivity index is 1.87. The summed E-state index contributed by atoms with van der Waals surface area (Å²) in [5.74, 6) is -0.0717.